The fourth-order valence-corrected chi connectivity index (χ4v) is 3.14. The topological polar surface area (TPSA) is 80.9 Å². The Morgan fingerprint density at radius 2 is 2.21 bits per heavy atom. The molecule has 0 unspecified atom stereocenters. The van der Waals surface area contributed by atoms with Crippen molar-refractivity contribution in [2.45, 2.75) is 4.21 Å². The lowest BCUT2D eigenvalue weighted by Crippen LogP contribution is -2.15. The summed E-state index contributed by atoms with van der Waals surface area (Å²) in [6.07, 6.45) is 3.05. The largest absolute Gasteiger partial charge is 0.375 e. The number of anilines is 2. The Morgan fingerprint density at radius 1 is 1.42 bits per heavy atom. The molecule has 0 bridgehead atoms. The molecule has 1 amide bonds. The normalized spacial score (nSPS) is 10.4. The molecule has 0 fully saturated rings. The van der Waals surface area contributed by atoms with E-state index in [9.17, 15) is 4.79 Å². The van der Waals surface area contributed by atoms with Crippen LogP contribution in [-0.4, -0.2) is 21.6 Å². The number of carbonyl (C=O) groups is 1. The second-order valence-electron chi connectivity index (χ2n) is 3.34. The smallest absolute Gasteiger partial charge is 0.235 e. The average Bonchev–Trinajstić information content (AvgIpc) is 2.76. The zero-order valence-electron chi connectivity index (χ0n) is 9.39. The van der Waals surface area contributed by atoms with Gasteiger partial charge in [0.2, 0.25) is 5.91 Å². The number of amides is 1. The van der Waals surface area contributed by atoms with Crippen LogP contribution in [0.25, 0.3) is 0 Å². The van der Waals surface area contributed by atoms with Crippen LogP contribution in [0.2, 0.25) is 10.0 Å². The van der Waals surface area contributed by atoms with Gasteiger partial charge in [-0.1, -0.05) is 34.5 Å². The number of pyridine rings is 1. The monoisotopic (exact) mass is 334 g/mol. The molecule has 0 aliphatic rings. The first-order valence-electron chi connectivity index (χ1n) is 4.99. The second kappa shape index (κ2) is 6.42. The van der Waals surface area contributed by atoms with Gasteiger partial charge in [0.15, 0.2) is 10.9 Å². The maximum Gasteiger partial charge on any atom is 0.235 e. The van der Waals surface area contributed by atoms with E-state index in [-0.39, 0.29) is 11.7 Å². The first-order valence-corrected chi connectivity index (χ1v) is 7.55. The standard InChI is InChI=1S/C10H8Cl2N4OS2/c11-5-1-6(12)9(14-2-5)16-7(17)4-18-8-3-15-10(13)19-8/h1-3H,4H2,(H2,13,15)(H,14,16,17). The predicted octanol–water partition coefficient (Wildman–Crippen LogP) is 3.16. The first-order chi connectivity index (χ1) is 9.04. The number of carbonyl (C=O) groups excluding carboxylic acids is 1. The minimum atomic E-state index is -0.214. The predicted molar refractivity (Wildman–Crippen MR) is 80.1 cm³/mol. The highest BCUT2D eigenvalue weighted by Gasteiger charge is 2.09. The Kier molecular flexibility index (Phi) is 4.87. The molecular formula is C10H8Cl2N4OS2. The number of nitrogens with one attached hydrogen (secondary N) is 1. The number of hydrogen-bond acceptors (Lipinski definition) is 6. The van der Waals surface area contributed by atoms with Gasteiger partial charge in [-0.2, -0.15) is 0 Å². The lowest BCUT2D eigenvalue weighted by Gasteiger charge is -2.05. The molecular weight excluding hydrogens is 327 g/mol. The van der Waals surface area contributed by atoms with Crippen LogP contribution in [0.4, 0.5) is 10.9 Å². The molecule has 0 saturated carbocycles. The van der Waals surface area contributed by atoms with E-state index in [4.69, 9.17) is 28.9 Å². The van der Waals surface area contributed by atoms with Crippen LogP contribution in [-0.2, 0) is 4.79 Å². The van der Waals surface area contributed by atoms with Crippen molar-refractivity contribution in [3.05, 3.63) is 28.5 Å². The van der Waals surface area contributed by atoms with Crippen LogP contribution < -0.4 is 11.1 Å². The quantitative estimate of drug-likeness (QED) is 0.839. The number of rotatable bonds is 4. The summed E-state index contributed by atoms with van der Waals surface area (Å²) in [5.41, 5.74) is 5.50. The summed E-state index contributed by atoms with van der Waals surface area (Å²) in [4.78, 5) is 19.6. The van der Waals surface area contributed by atoms with E-state index in [2.05, 4.69) is 15.3 Å². The van der Waals surface area contributed by atoms with E-state index in [1.54, 1.807) is 6.20 Å². The van der Waals surface area contributed by atoms with E-state index in [1.165, 1.54) is 35.4 Å². The molecule has 19 heavy (non-hydrogen) atoms. The SMILES string of the molecule is Nc1ncc(SCC(=O)Nc2ncc(Cl)cc2Cl)s1. The van der Waals surface area contributed by atoms with Crippen molar-refractivity contribution in [1.29, 1.82) is 0 Å². The fourth-order valence-electron chi connectivity index (χ4n) is 1.15. The number of nitrogens with two attached hydrogens (primary N) is 1. The Balaban J connectivity index is 1.90. The highest BCUT2D eigenvalue weighted by molar-refractivity contribution is 8.01. The first kappa shape index (κ1) is 14.4. The van der Waals surface area contributed by atoms with Crippen molar-refractivity contribution >= 4 is 63.2 Å². The zero-order valence-corrected chi connectivity index (χ0v) is 12.5. The van der Waals surface area contributed by atoms with Gasteiger partial charge in [-0.05, 0) is 6.07 Å². The van der Waals surface area contributed by atoms with Crippen LogP contribution in [0.15, 0.2) is 22.7 Å². The summed E-state index contributed by atoms with van der Waals surface area (Å²) in [5.74, 6) is 0.302. The number of thioether (sulfide) groups is 1. The van der Waals surface area contributed by atoms with Crippen molar-refractivity contribution in [2.24, 2.45) is 0 Å². The van der Waals surface area contributed by atoms with Crippen LogP contribution in [0.5, 0.6) is 0 Å². The van der Waals surface area contributed by atoms with Crippen molar-refractivity contribution in [3.8, 4) is 0 Å². The number of halogens is 2. The highest BCUT2D eigenvalue weighted by Crippen LogP contribution is 2.27. The lowest BCUT2D eigenvalue weighted by atomic mass is 10.4. The van der Waals surface area contributed by atoms with Gasteiger partial charge in [-0.3, -0.25) is 4.79 Å². The Labute approximate surface area is 127 Å². The van der Waals surface area contributed by atoms with Crippen LogP contribution in [0.3, 0.4) is 0 Å². The summed E-state index contributed by atoms with van der Waals surface area (Å²) < 4.78 is 0.878. The van der Waals surface area contributed by atoms with Gasteiger partial charge < -0.3 is 11.1 Å². The molecule has 2 heterocycles. The third-order valence-electron chi connectivity index (χ3n) is 1.91. The van der Waals surface area contributed by atoms with Gasteiger partial charge >= 0.3 is 0 Å². The maximum absolute atomic E-state index is 11.7. The number of nitrogen functional groups attached to an aromatic ring is 1. The van der Waals surface area contributed by atoms with Crippen LogP contribution in [0.1, 0.15) is 0 Å². The van der Waals surface area contributed by atoms with E-state index in [0.29, 0.717) is 21.0 Å². The van der Waals surface area contributed by atoms with E-state index >= 15 is 0 Å². The summed E-state index contributed by atoms with van der Waals surface area (Å²) >= 11 is 14.3. The van der Waals surface area contributed by atoms with Gasteiger partial charge in [0.25, 0.3) is 0 Å². The molecule has 0 aromatic carbocycles. The number of thiazole rings is 1. The Bertz CT molecular complexity index is 605. The summed E-state index contributed by atoms with van der Waals surface area (Å²) in [6, 6.07) is 1.52. The van der Waals surface area contributed by atoms with Gasteiger partial charge in [-0.15, -0.1) is 11.8 Å². The fraction of sp³-hybridized carbons (Fsp3) is 0.100. The highest BCUT2D eigenvalue weighted by atomic mass is 35.5. The molecule has 2 rings (SSSR count). The van der Waals surface area contributed by atoms with E-state index < -0.39 is 0 Å². The molecule has 2 aromatic rings. The third-order valence-corrected chi connectivity index (χ3v) is 4.43. The van der Waals surface area contributed by atoms with Gasteiger partial charge in [0.05, 0.1) is 26.2 Å². The molecule has 9 heteroatoms. The molecule has 100 valence electrons. The van der Waals surface area contributed by atoms with Crippen molar-refractivity contribution in [1.82, 2.24) is 9.97 Å². The molecule has 0 radical (unpaired) electrons. The second-order valence-corrected chi connectivity index (χ2v) is 6.52. The average molecular weight is 335 g/mol. The number of nitrogens with zero attached hydrogens (tertiary/aromatic N) is 2. The number of hydrogen-bond donors (Lipinski definition) is 2. The molecule has 3 N–H and O–H groups in total. The van der Waals surface area contributed by atoms with Gasteiger partial charge in [-0.25, -0.2) is 9.97 Å². The molecule has 0 aliphatic carbocycles. The zero-order chi connectivity index (χ0) is 13.8. The molecule has 2 aromatic heterocycles. The summed E-state index contributed by atoms with van der Waals surface area (Å²) in [5, 5.41) is 3.80. The van der Waals surface area contributed by atoms with Gasteiger partial charge in [0.1, 0.15) is 0 Å². The Hall–Kier alpha value is -1.02. The lowest BCUT2D eigenvalue weighted by molar-refractivity contribution is -0.113. The minimum absolute atomic E-state index is 0.214. The molecule has 0 atom stereocenters. The van der Waals surface area contributed by atoms with E-state index in [1.807, 2.05) is 0 Å². The maximum atomic E-state index is 11.7. The van der Waals surface area contributed by atoms with E-state index in [0.717, 1.165) is 4.21 Å². The molecule has 0 aliphatic heterocycles. The van der Waals surface area contributed by atoms with Gasteiger partial charge in [0, 0.05) is 6.20 Å². The number of aromatic nitrogens is 2. The van der Waals surface area contributed by atoms with Crippen LogP contribution >= 0.6 is 46.3 Å². The van der Waals surface area contributed by atoms with Crippen molar-refractivity contribution < 1.29 is 4.79 Å². The minimum Gasteiger partial charge on any atom is -0.375 e. The third kappa shape index (κ3) is 4.24. The van der Waals surface area contributed by atoms with Crippen LogP contribution in [0, 0.1) is 0 Å². The molecule has 5 nitrogen and oxygen atoms in total. The van der Waals surface area contributed by atoms with Crippen molar-refractivity contribution in [3.63, 3.8) is 0 Å². The molecule has 0 spiro atoms. The molecule has 0 saturated heterocycles. The summed E-state index contributed by atoms with van der Waals surface area (Å²) in [7, 11) is 0. The Morgan fingerprint density at radius 3 is 2.84 bits per heavy atom. The summed E-state index contributed by atoms with van der Waals surface area (Å²) in [6.45, 7) is 0. The van der Waals surface area contributed by atoms with Crippen molar-refractivity contribution in [2.75, 3.05) is 16.8 Å².